The zero-order valence-electron chi connectivity index (χ0n) is 11.4. The summed E-state index contributed by atoms with van der Waals surface area (Å²) >= 11 is 1.68. The first kappa shape index (κ1) is 13.5. The van der Waals surface area contributed by atoms with E-state index in [4.69, 9.17) is 0 Å². The van der Waals surface area contributed by atoms with Crippen LogP contribution in [0.5, 0.6) is 0 Å². The Bertz CT molecular complexity index is 539. The van der Waals surface area contributed by atoms with E-state index in [-0.39, 0.29) is 11.2 Å². The third-order valence-corrected chi connectivity index (χ3v) is 4.22. The molecule has 0 aliphatic heterocycles. The molecule has 3 heteroatoms. The number of benzene rings is 1. The molecule has 0 aliphatic carbocycles. The predicted octanol–water partition coefficient (Wildman–Crippen LogP) is 4.74. The van der Waals surface area contributed by atoms with Gasteiger partial charge in [0.05, 0.1) is 0 Å². The smallest absolute Gasteiger partial charge is 0.124 e. The van der Waals surface area contributed by atoms with Gasteiger partial charge >= 0.3 is 0 Å². The Hall–Kier alpha value is -0.930. The van der Waals surface area contributed by atoms with Crippen molar-refractivity contribution in [1.82, 2.24) is 5.32 Å². The SMILES string of the molecule is CCNC(c1cc2ccc(F)cc2s1)C(C)(C)C. The molecule has 0 amide bonds. The molecule has 1 unspecified atom stereocenters. The molecule has 0 saturated heterocycles. The van der Waals surface area contributed by atoms with Crippen molar-refractivity contribution < 1.29 is 4.39 Å². The summed E-state index contributed by atoms with van der Waals surface area (Å²) in [6.45, 7) is 9.73. The van der Waals surface area contributed by atoms with Crippen LogP contribution in [0.15, 0.2) is 24.3 Å². The van der Waals surface area contributed by atoms with E-state index in [0.29, 0.717) is 6.04 Å². The van der Waals surface area contributed by atoms with Crippen LogP contribution in [0.4, 0.5) is 4.39 Å². The van der Waals surface area contributed by atoms with Crippen LogP contribution in [-0.4, -0.2) is 6.54 Å². The van der Waals surface area contributed by atoms with Gasteiger partial charge in [0.1, 0.15) is 5.82 Å². The van der Waals surface area contributed by atoms with Crippen molar-refractivity contribution in [2.45, 2.75) is 33.7 Å². The van der Waals surface area contributed by atoms with E-state index in [1.165, 1.54) is 10.9 Å². The number of rotatable bonds is 3. The number of thiophene rings is 1. The lowest BCUT2D eigenvalue weighted by Crippen LogP contribution is -2.31. The largest absolute Gasteiger partial charge is 0.309 e. The second-order valence-corrected chi connectivity index (χ2v) is 6.80. The fourth-order valence-corrected chi connectivity index (χ4v) is 3.62. The van der Waals surface area contributed by atoms with Gasteiger partial charge in [-0.15, -0.1) is 11.3 Å². The lowest BCUT2D eigenvalue weighted by molar-refractivity contribution is 0.281. The first-order chi connectivity index (χ1) is 8.41. The van der Waals surface area contributed by atoms with Crippen LogP contribution in [0.2, 0.25) is 0 Å². The molecular formula is C15H20FNS. The van der Waals surface area contributed by atoms with E-state index in [1.807, 2.05) is 6.07 Å². The molecule has 0 radical (unpaired) electrons. The maximum atomic E-state index is 13.2. The Morgan fingerprint density at radius 3 is 2.61 bits per heavy atom. The van der Waals surface area contributed by atoms with E-state index >= 15 is 0 Å². The van der Waals surface area contributed by atoms with E-state index in [0.717, 1.165) is 16.6 Å². The second-order valence-electron chi connectivity index (χ2n) is 5.69. The minimum atomic E-state index is -0.161. The zero-order chi connectivity index (χ0) is 13.3. The minimum absolute atomic E-state index is 0.148. The van der Waals surface area contributed by atoms with Gasteiger partial charge in [-0.1, -0.05) is 33.8 Å². The molecule has 1 aromatic carbocycles. The normalized spacial score (nSPS) is 14.1. The number of hydrogen-bond acceptors (Lipinski definition) is 2. The summed E-state index contributed by atoms with van der Waals surface area (Å²) in [4.78, 5) is 1.28. The minimum Gasteiger partial charge on any atom is -0.309 e. The molecule has 0 saturated carbocycles. The molecule has 1 heterocycles. The number of nitrogens with one attached hydrogen (secondary N) is 1. The van der Waals surface area contributed by atoms with Crippen LogP contribution in [0.3, 0.4) is 0 Å². The van der Waals surface area contributed by atoms with Gasteiger partial charge in [0.15, 0.2) is 0 Å². The molecule has 1 nitrogen and oxygen atoms in total. The lowest BCUT2D eigenvalue weighted by Gasteiger charge is -2.30. The number of fused-ring (bicyclic) bond motifs is 1. The van der Waals surface area contributed by atoms with Gasteiger partial charge in [-0.25, -0.2) is 4.39 Å². The van der Waals surface area contributed by atoms with Gasteiger partial charge < -0.3 is 5.32 Å². The van der Waals surface area contributed by atoms with Crippen molar-refractivity contribution in [2.24, 2.45) is 5.41 Å². The summed E-state index contributed by atoms with van der Waals surface area (Å²) in [5.74, 6) is -0.161. The number of halogens is 1. The first-order valence-electron chi connectivity index (χ1n) is 6.34. The van der Waals surface area contributed by atoms with Crippen LogP contribution in [0, 0.1) is 11.2 Å². The van der Waals surface area contributed by atoms with Crippen molar-refractivity contribution in [3.8, 4) is 0 Å². The van der Waals surface area contributed by atoms with Gasteiger partial charge in [-0.3, -0.25) is 0 Å². The van der Waals surface area contributed by atoms with E-state index in [1.54, 1.807) is 17.4 Å². The molecule has 1 aromatic heterocycles. The zero-order valence-corrected chi connectivity index (χ0v) is 12.2. The molecule has 0 aliphatic rings. The molecule has 2 aromatic rings. The van der Waals surface area contributed by atoms with E-state index in [2.05, 4.69) is 39.1 Å². The highest BCUT2D eigenvalue weighted by Crippen LogP contribution is 2.38. The molecule has 2 rings (SSSR count). The Balaban J connectivity index is 2.44. The summed E-state index contributed by atoms with van der Waals surface area (Å²) in [6, 6.07) is 7.49. The topological polar surface area (TPSA) is 12.0 Å². The summed E-state index contributed by atoms with van der Waals surface area (Å²) in [5.41, 5.74) is 0.148. The molecular weight excluding hydrogens is 245 g/mol. The quantitative estimate of drug-likeness (QED) is 0.845. The molecule has 1 N–H and O–H groups in total. The molecule has 0 bridgehead atoms. The summed E-state index contributed by atoms with van der Waals surface area (Å²) in [6.07, 6.45) is 0. The van der Waals surface area contributed by atoms with Crippen molar-refractivity contribution in [2.75, 3.05) is 6.54 Å². The van der Waals surface area contributed by atoms with E-state index in [9.17, 15) is 4.39 Å². The van der Waals surface area contributed by atoms with Crippen LogP contribution in [0.25, 0.3) is 10.1 Å². The average Bonchev–Trinajstić information content (AvgIpc) is 2.66. The highest BCUT2D eigenvalue weighted by molar-refractivity contribution is 7.19. The van der Waals surface area contributed by atoms with Crippen molar-refractivity contribution in [1.29, 1.82) is 0 Å². The first-order valence-corrected chi connectivity index (χ1v) is 7.16. The number of hydrogen-bond donors (Lipinski definition) is 1. The fourth-order valence-electron chi connectivity index (χ4n) is 2.21. The van der Waals surface area contributed by atoms with Crippen LogP contribution >= 0.6 is 11.3 Å². The maximum Gasteiger partial charge on any atom is 0.124 e. The third kappa shape index (κ3) is 2.73. The van der Waals surface area contributed by atoms with Gasteiger partial charge in [0, 0.05) is 15.6 Å². The highest BCUT2D eigenvalue weighted by atomic mass is 32.1. The molecule has 98 valence electrons. The third-order valence-electron chi connectivity index (χ3n) is 3.06. The monoisotopic (exact) mass is 265 g/mol. The van der Waals surface area contributed by atoms with Crippen LogP contribution < -0.4 is 5.32 Å². The Morgan fingerprint density at radius 2 is 2.00 bits per heavy atom. The molecule has 0 fully saturated rings. The standard InChI is InChI=1S/C15H20FNS/c1-5-17-14(15(2,3)4)13-8-10-6-7-11(16)9-12(10)18-13/h6-9,14,17H,5H2,1-4H3. The Kier molecular flexibility index (Phi) is 3.74. The van der Waals surface area contributed by atoms with Crippen LogP contribution in [-0.2, 0) is 0 Å². The molecule has 0 spiro atoms. The second kappa shape index (κ2) is 4.98. The van der Waals surface area contributed by atoms with E-state index < -0.39 is 0 Å². The van der Waals surface area contributed by atoms with Gasteiger partial charge in [-0.05, 0) is 35.5 Å². The molecule has 18 heavy (non-hydrogen) atoms. The Labute approximate surface area is 112 Å². The van der Waals surface area contributed by atoms with Crippen molar-refractivity contribution in [3.05, 3.63) is 35.0 Å². The predicted molar refractivity (Wildman–Crippen MR) is 77.7 cm³/mol. The summed E-state index contributed by atoms with van der Waals surface area (Å²) < 4.78 is 14.2. The lowest BCUT2D eigenvalue weighted by atomic mass is 9.85. The highest BCUT2D eigenvalue weighted by Gasteiger charge is 2.26. The van der Waals surface area contributed by atoms with Crippen molar-refractivity contribution >= 4 is 21.4 Å². The van der Waals surface area contributed by atoms with Gasteiger partial charge in [0.25, 0.3) is 0 Å². The van der Waals surface area contributed by atoms with Crippen molar-refractivity contribution in [3.63, 3.8) is 0 Å². The van der Waals surface area contributed by atoms with Gasteiger partial charge in [-0.2, -0.15) is 0 Å². The Morgan fingerprint density at radius 1 is 1.28 bits per heavy atom. The maximum absolute atomic E-state index is 13.2. The van der Waals surface area contributed by atoms with Gasteiger partial charge in [0.2, 0.25) is 0 Å². The molecule has 1 atom stereocenters. The summed E-state index contributed by atoms with van der Waals surface area (Å²) in [5, 5.41) is 4.66. The van der Waals surface area contributed by atoms with Crippen LogP contribution in [0.1, 0.15) is 38.6 Å². The fraction of sp³-hybridized carbons (Fsp3) is 0.467. The summed E-state index contributed by atoms with van der Waals surface area (Å²) in [7, 11) is 0. The average molecular weight is 265 g/mol.